The lowest BCUT2D eigenvalue weighted by molar-refractivity contribution is 0.163. The standard InChI is InChI=1S/C15H22N4O/c1-11-9-19(12(2)10-20-4)15(17-11)18-13(3)14-7-5-6-8-16-14/h5-9,12-13H,10H2,1-4H3,(H,17,18). The average Bonchev–Trinajstić information content (AvgIpc) is 2.81. The van der Waals surface area contributed by atoms with E-state index in [1.165, 1.54) is 0 Å². The molecule has 0 bridgehead atoms. The summed E-state index contributed by atoms with van der Waals surface area (Å²) in [6.07, 6.45) is 3.84. The zero-order chi connectivity index (χ0) is 14.5. The van der Waals surface area contributed by atoms with E-state index in [1.807, 2.05) is 31.3 Å². The molecule has 2 heterocycles. The lowest BCUT2D eigenvalue weighted by Gasteiger charge is -2.19. The quantitative estimate of drug-likeness (QED) is 0.880. The van der Waals surface area contributed by atoms with Gasteiger partial charge in [0.2, 0.25) is 5.95 Å². The van der Waals surface area contributed by atoms with E-state index in [-0.39, 0.29) is 12.1 Å². The molecule has 2 aromatic rings. The topological polar surface area (TPSA) is 52.0 Å². The molecule has 2 aromatic heterocycles. The van der Waals surface area contributed by atoms with Gasteiger partial charge in [0.15, 0.2) is 0 Å². The van der Waals surface area contributed by atoms with E-state index in [0.29, 0.717) is 6.61 Å². The third kappa shape index (κ3) is 3.36. The number of anilines is 1. The van der Waals surface area contributed by atoms with Gasteiger partial charge in [-0.05, 0) is 32.9 Å². The van der Waals surface area contributed by atoms with E-state index in [9.17, 15) is 0 Å². The van der Waals surface area contributed by atoms with Gasteiger partial charge in [-0.15, -0.1) is 0 Å². The van der Waals surface area contributed by atoms with Gasteiger partial charge in [-0.1, -0.05) is 6.07 Å². The van der Waals surface area contributed by atoms with Crippen molar-refractivity contribution in [2.75, 3.05) is 19.0 Å². The summed E-state index contributed by atoms with van der Waals surface area (Å²) in [7, 11) is 1.71. The highest BCUT2D eigenvalue weighted by atomic mass is 16.5. The molecular formula is C15H22N4O. The van der Waals surface area contributed by atoms with Gasteiger partial charge in [-0.3, -0.25) is 4.98 Å². The molecule has 0 aliphatic rings. The maximum Gasteiger partial charge on any atom is 0.203 e. The first-order chi connectivity index (χ1) is 9.61. The Balaban J connectivity index is 2.17. The Hall–Kier alpha value is -1.88. The fourth-order valence-corrected chi connectivity index (χ4v) is 2.18. The molecule has 1 N–H and O–H groups in total. The van der Waals surface area contributed by atoms with Crippen LogP contribution in [0.25, 0.3) is 0 Å². The van der Waals surface area contributed by atoms with Crippen molar-refractivity contribution in [1.29, 1.82) is 0 Å². The van der Waals surface area contributed by atoms with Crippen LogP contribution < -0.4 is 5.32 Å². The lowest BCUT2D eigenvalue weighted by Crippen LogP contribution is -2.17. The SMILES string of the molecule is COCC(C)n1cc(C)nc1NC(C)c1ccccn1. The highest BCUT2D eigenvalue weighted by molar-refractivity contribution is 5.33. The molecule has 0 amide bonds. The van der Waals surface area contributed by atoms with Crippen LogP contribution >= 0.6 is 0 Å². The number of rotatable bonds is 6. The minimum absolute atomic E-state index is 0.103. The molecule has 0 aromatic carbocycles. The highest BCUT2D eigenvalue weighted by Gasteiger charge is 2.15. The summed E-state index contributed by atoms with van der Waals surface area (Å²) in [5.74, 6) is 0.852. The Morgan fingerprint density at radius 3 is 2.80 bits per heavy atom. The monoisotopic (exact) mass is 274 g/mol. The Morgan fingerprint density at radius 2 is 2.15 bits per heavy atom. The second-order valence-electron chi connectivity index (χ2n) is 5.04. The molecule has 5 heteroatoms. The molecule has 2 unspecified atom stereocenters. The third-order valence-corrected chi connectivity index (χ3v) is 3.21. The van der Waals surface area contributed by atoms with Gasteiger partial charge in [0.25, 0.3) is 0 Å². The number of ether oxygens (including phenoxy) is 1. The predicted molar refractivity (Wildman–Crippen MR) is 79.8 cm³/mol. The van der Waals surface area contributed by atoms with Crippen LogP contribution in [-0.4, -0.2) is 28.3 Å². The molecule has 5 nitrogen and oxygen atoms in total. The van der Waals surface area contributed by atoms with Crippen molar-refractivity contribution in [3.8, 4) is 0 Å². The molecule has 108 valence electrons. The van der Waals surface area contributed by atoms with E-state index in [2.05, 4.69) is 33.7 Å². The maximum atomic E-state index is 5.22. The average molecular weight is 274 g/mol. The number of pyridine rings is 1. The van der Waals surface area contributed by atoms with Crippen molar-refractivity contribution in [2.45, 2.75) is 32.9 Å². The van der Waals surface area contributed by atoms with Crippen molar-refractivity contribution < 1.29 is 4.74 Å². The number of aromatic nitrogens is 3. The molecule has 2 rings (SSSR count). The second kappa shape index (κ2) is 6.52. The Labute approximate surface area is 120 Å². The number of imidazole rings is 1. The number of nitrogens with one attached hydrogen (secondary N) is 1. The Kier molecular flexibility index (Phi) is 4.74. The van der Waals surface area contributed by atoms with Crippen molar-refractivity contribution in [3.63, 3.8) is 0 Å². The van der Waals surface area contributed by atoms with Crippen LogP contribution in [0.1, 0.15) is 37.3 Å². The van der Waals surface area contributed by atoms with E-state index in [4.69, 9.17) is 4.74 Å². The summed E-state index contributed by atoms with van der Waals surface area (Å²) >= 11 is 0. The molecule has 0 saturated heterocycles. The second-order valence-corrected chi connectivity index (χ2v) is 5.04. The van der Waals surface area contributed by atoms with Crippen LogP contribution in [0.2, 0.25) is 0 Å². The summed E-state index contributed by atoms with van der Waals surface area (Å²) in [5.41, 5.74) is 1.99. The van der Waals surface area contributed by atoms with Crippen molar-refractivity contribution in [1.82, 2.24) is 14.5 Å². The molecule has 2 atom stereocenters. The number of aryl methyl sites for hydroxylation is 1. The highest BCUT2D eigenvalue weighted by Crippen LogP contribution is 2.21. The van der Waals surface area contributed by atoms with Gasteiger partial charge in [0, 0.05) is 19.5 Å². The van der Waals surface area contributed by atoms with Crippen molar-refractivity contribution >= 4 is 5.95 Å². The van der Waals surface area contributed by atoms with E-state index in [1.54, 1.807) is 13.3 Å². The minimum Gasteiger partial charge on any atom is -0.383 e. The zero-order valence-corrected chi connectivity index (χ0v) is 12.5. The van der Waals surface area contributed by atoms with Crippen LogP contribution in [0.3, 0.4) is 0 Å². The molecule has 20 heavy (non-hydrogen) atoms. The third-order valence-electron chi connectivity index (χ3n) is 3.21. The van der Waals surface area contributed by atoms with Gasteiger partial charge >= 0.3 is 0 Å². The minimum atomic E-state index is 0.103. The Morgan fingerprint density at radius 1 is 1.35 bits per heavy atom. The van der Waals surface area contributed by atoms with Crippen LogP contribution in [0, 0.1) is 6.92 Å². The molecule has 0 radical (unpaired) electrons. The summed E-state index contributed by atoms with van der Waals surface area (Å²) in [6.45, 7) is 6.84. The first kappa shape index (κ1) is 14.5. The zero-order valence-electron chi connectivity index (χ0n) is 12.5. The van der Waals surface area contributed by atoms with Crippen LogP contribution in [0.4, 0.5) is 5.95 Å². The van der Waals surface area contributed by atoms with E-state index < -0.39 is 0 Å². The molecule has 0 spiro atoms. The van der Waals surface area contributed by atoms with Gasteiger partial charge < -0.3 is 14.6 Å². The number of nitrogens with zero attached hydrogens (tertiary/aromatic N) is 3. The Bertz CT molecular complexity index is 538. The lowest BCUT2D eigenvalue weighted by atomic mass is 10.2. The van der Waals surface area contributed by atoms with Gasteiger partial charge in [0.05, 0.1) is 30.1 Å². The molecule has 0 aliphatic heterocycles. The molecule has 0 aliphatic carbocycles. The molecule has 0 fully saturated rings. The molecular weight excluding hydrogens is 252 g/mol. The normalized spacial score (nSPS) is 14.0. The fraction of sp³-hybridized carbons (Fsp3) is 0.467. The predicted octanol–water partition coefficient (Wildman–Crippen LogP) is 2.97. The van der Waals surface area contributed by atoms with Crippen LogP contribution in [0.15, 0.2) is 30.6 Å². The largest absolute Gasteiger partial charge is 0.383 e. The van der Waals surface area contributed by atoms with Crippen LogP contribution in [-0.2, 0) is 4.74 Å². The van der Waals surface area contributed by atoms with Gasteiger partial charge in [-0.25, -0.2) is 4.98 Å². The van der Waals surface area contributed by atoms with Crippen LogP contribution in [0.5, 0.6) is 0 Å². The maximum absolute atomic E-state index is 5.22. The first-order valence-electron chi connectivity index (χ1n) is 6.83. The summed E-state index contributed by atoms with van der Waals surface area (Å²) < 4.78 is 7.33. The summed E-state index contributed by atoms with van der Waals surface area (Å²) in [5, 5.41) is 3.42. The summed E-state index contributed by atoms with van der Waals surface area (Å²) in [4.78, 5) is 8.92. The smallest absolute Gasteiger partial charge is 0.203 e. The number of hydrogen-bond acceptors (Lipinski definition) is 4. The van der Waals surface area contributed by atoms with Gasteiger partial charge in [-0.2, -0.15) is 0 Å². The molecule has 0 saturated carbocycles. The van der Waals surface area contributed by atoms with E-state index in [0.717, 1.165) is 17.3 Å². The van der Waals surface area contributed by atoms with Gasteiger partial charge in [0.1, 0.15) is 0 Å². The number of methoxy groups -OCH3 is 1. The van der Waals surface area contributed by atoms with Crippen molar-refractivity contribution in [3.05, 3.63) is 42.0 Å². The van der Waals surface area contributed by atoms with E-state index >= 15 is 0 Å². The fourth-order valence-electron chi connectivity index (χ4n) is 2.18. The summed E-state index contributed by atoms with van der Waals surface area (Å²) in [6, 6.07) is 6.26. The van der Waals surface area contributed by atoms with Crippen molar-refractivity contribution in [2.24, 2.45) is 0 Å². The number of hydrogen-bond donors (Lipinski definition) is 1. The first-order valence-corrected chi connectivity index (χ1v) is 6.83.